The van der Waals surface area contributed by atoms with Crippen LogP contribution in [0, 0.1) is 5.92 Å². The van der Waals surface area contributed by atoms with E-state index in [2.05, 4.69) is 41.3 Å². The number of imidazole rings is 1. The van der Waals surface area contributed by atoms with Crippen LogP contribution >= 0.6 is 23.7 Å². The van der Waals surface area contributed by atoms with Crippen molar-refractivity contribution in [1.29, 1.82) is 0 Å². The molecule has 0 saturated carbocycles. The van der Waals surface area contributed by atoms with Crippen LogP contribution in [0.1, 0.15) is 19.4 Å². The molecule has 4 rings (SSSR count). The van der Waals surface area contributed by atoms with Gasteiger partial charge in [0.15, 0.2) is 17.0 Å². The first kappa shape index (κ1) is 25.1. The summed E-state index contributed by atoms with van der Waals surface area (Å²) in [7, 11) is -2.27. The summed E-state index contributed by atoms with van der Waals surface area (Å²) in [4.78, 5) is 24.2. The van der Waals surface area contributed by atoms with Gasteiger partial charge in [-0.25, -0.2) is 9.55 Å². The van der Waals surface area contributed by atoms with Crippen molar-refractivity contribution in [3.8, 4) is 5.75 Å². The molecule has 1 aromatic carbocycles. The number of benzene rings is 1. The number of allylic oxidation sites excluding steroid dienone is 1. The van der Waals surface area contributed by atoms with Gasteiger partial charge in [0.2, 0.25) is 5.95 Å². The Morgan fingerprint density at radius 3 is 2.77 bits per heavy atom. The number of hydrogen-bond acceptors (Lipinski definition) is 9. The largest absolute Gasteiger partial charge is 0.480 e. The lowest BCUT2D eigenvalue weighted by atomic mass is 10.1. The van der Waals surface area contributed by atoms with Crippen LogP contribution in [0.4, 0.5) is 11.8 Å². The fourth-order valence-corrected chi connectivity index (χ4v) is 5.46. The molecule has 1 aliphatic carbocycles. The molecule has 2 heterocycles. The Labute approximate surface area is 209 Å². The highest BCUT2D eigenvalue weighted by atomic mass is 79.9. The molecule has 0 spiro atoms. The quantitative estimate of drug-likeness (QED) is 0.209. The lowest BCUT2D eigenvalue weighted by Crippen LogP contribution is -2.33. The molecule has 12 nitrogen and oxygen atoms in total. The van der Waals surface area contributed by atoms with Crippen LogP contribution in [0.2, 0.25) is 0 Å². The van der Waals surface area contributed by atoms with E-state index in [1.165, 1.54) is 6.92 Å². The lowest BCUT2D eigenvalue weighted by Gasteiger charge is -2.23. The van der Waals surface area contributed by atoms with Gasteiger partial charge >= 0.3 is 13.7 Å². The number of fused-ring (bicyclic) bond motifs is 1. The number of nitrogen functional groups attached to an aromatic ring is 1. The normalized spacial score (nSPS) is 20.0. The van der Waals surface area contributed by atoms with Crippen LogP contribution in [0.5, 0.6) is 5.75 Å². The van der Waals surface area contributed by atoms with Crippen LogP contribution in [0.3, 0.4) is 0 Å². The molecule has 3 aromatic rings. The SMILES string of the molecule is CNc1nc(N)nc2c1ncn2[C@H]1C=C[C@@H](COP(=O)(N[C@@H](C)C(=O)O)Oc2ccc(Br)cc2)C1. The molecule has 1 unspecified atom stereocenters. The maximum absolute atomic E-state index is 13.4. The number of nitrogens with two attached hydrogens (primary N) is 1. The minimum atomic E-state index is -4.00. The second-order valence-electron chi connectivity index (χ2n) is 7.98. The van der Waals surface area contributed by atoms with Gasteiger partial charge in [0.05, 0.1) is 19.0 Å². The van der Waals surface area contributed by atoms with Crippen LogP contribution in [-0.2, 0) is 13.9 Å². The Kier molecular flexibility index (Phi) is 7.41. The van der Waals surface area contributed by atoms with Crippen molar-refractivity contribution in [2.75, 3.05) is 24.7 Å². The average molecular weight is 566 g/mol. The van der Waals surface area contributed by atoms with Crippen molar-refractivity contribution in [1.82, 2.24) is 24.6 Å². The number of carbonyl (C=O) groups is 1. The molecule has 0 amide bonds. The summed E-state index contributed by atoms with van der Waals surface area (Å²) >= 11 is 3.33. The first-order valence-corrected chi connectivity index (χ1v) is 13.1. The molecule has 35 heavy (non-hydrogen) atoms. The third-order valence-corrected chi connectivity index (χ3v) is 7.57. The van der Waals surface area contributed by atoms with E-state index >= 15 is 0 Å². The van der Waals surface area contributed by atoms with Crippen LogP contribution in [-0.4, -0.2) is 50.3 Å². The lowest BCUT2D eigenvalue weighted by molar-refractivity contribution is -0.138. The zero-order chi connectivity index (χ0) is 25.2. The first-order valence-electron chi connectivity index (χ1n) is 10.7. The van der Waals surface area contributed by atoms with E-state index in [0.29, 0.717) is 23.4 Å². The number of aliphatic carboxylic acids is 1. The predicted molar refractivity (Wildman–Crippen MR) is 134 cm³/mol. The summed E-state index contributed by atoms with van der Waals surface area (Å²) in [5.41, 5.74) is 7.05. The summed E-state index contributed by atoms with van der Waals surface area (Å²) in [6.07, 6.45) is 6.23. The number of nitrogens with one attached hydrogen (secondary N) is 2. The van der Waals surface area contributed by atoms with Gasteiger partial charge in [-0.1, -0.05) is 28.1 Å². The zero-order valence-corrected chi connectivity index (χ0v) is 21.4. The summed E-state index contributed by atoms with van der Waals surface area (Å²) in [5, 5.41) is 14.7. The minimum Gasteiger partial charge on any atom is -0.480 e. The Bertz CT molecular complexity index is 1300. The van der Waals surface area contributed by atoms with Gasteiger partial charge in [-0.2, -0.15) is 15.1 Å². The Morgan fingerprint density at radius 1 is 1.34 bits per heavy atom. The highest BCUT2D eigenvalue weighted by Crippen LogP contribution is 2.46. The minimum absolute atomic E-state index is 0.0473. The van der Waals surface area contributed by atoms with Gasteiger partial charge in [0.25, 0.3) is 0 Å². The maximum Gasteiger partial charge on any atom is 0.459 e. The van der Waals surface area contributed by atoms with Gasteiger partial charge in [0.1, 0.15) is 11.8 Å². The molecule has 0 aliphatic heterocycles. The molecular formula is C21H25BrN7O5P. The van der Waals surface area contributed by atoms with Gasteiger partial charge in [-0.15, -0.1) is 0 Å². The molecule has 0 radical (unpaired) electrons. The number of aromatic nitrogens is 4. The third-order valence-electron chi connectivity index (χ3n) is 5.40. The Morgan fingerprint density at radius 2 is 2.09 bits per heavy atom. The van der Waals surface area contributed by atoms with Crippen molar-refractivity contribution in [3.63, 3.8) is 0 Å². The number of rotatable bonds is 10. The molecule has 186 valence electrons. The van der Waals surface area contributed by atoms with E-state index in [0.717, 1.165) is 4.47 Å². The van der Waals surface area contributed by atoms with Gasteiger partial charge in [-0.3, -0.25) is 9.32 Å². The average Bonchev–Trinajstić information content (AvgIpc) is 3.45. The van der Waals surface area contributed by atoms with Crippen molar-refractivity contribution in [2.24, 2.45) is 5.92 Å². The number of carboxylic acid groups (broad SMARTS) is 1. The molecule has 1 aliphatic rings. The summed E-state index contributed by atoms with van der Waals surface area (Å²) in [5.74, 6) is -0.329. The van der Waals surface area contributed by atoms with Gasteiger partial charge in [-0.05, 0) is 37.6 Å². The highest BCUT2D eigenvalue weighted by Gasteiger charge is 2.33. The number of anilines is 2. The van der Waals surface area contributed by atoms with E-state index in [1.807, 2.05) is 16.7 Å². The monoisotopic (exact) mass is 565 g/mol. The fraction of sp³-hybridized carbons (Fsp3) is 0.333. The molecule has 0 fully saturated rings. The number of halogens is 1. The molecule has 2 aromatic heterocycles. The Hall–Kier alpha value is -2.99. The molecule has 0 saturated heterocycles. The third kappa shape index (κ3) is 5.81. The molecule has 14 heteroatoms. The van der Waals surface area contributed by atoms with Crippen LogP contribution < -0.4 is 20.7 Å². The first-order chi connectivity index (χ1) is 16.7. The molecule has 5 N–H and O–H groups in total. The second-order valence-corrected chi connectivity index (χ2v) is 10.6. The van der Waals surface area contributed by atoms with Crippen LogP contribution in [0.25, 0.3) is 11.2 Å². The molecular weight excluding hydrogens is 541 g/mol. The van der Waals surface area contributed by atoms with Gasteiger partial charge in [0, 0.05) is 17.4 Å². The maximum atomic E-state index is 13.4. The van der Waals surface area contributed by atoms with Gasteiger partial charge < -0.3 is 25.2 Å². The van der Waals surface area contributed by atoms with E-state index in [9.17, 15) is 14.5 Å². The van der Waals surface area contributed by atoms with Crippen molar-refractivity contribution < 1.29 is 23.5 Å². The van der Waals surface area contributed by atoms with Crippen LogP contribution in [0.15, 0.2) is 47.2 Å². The summed E-state index contributed by atoms with van der Waals surface area (Å²) in [6.45, 7) is 1.41. The molecule has 0 bridgehead atoms. The van der Waals surface area contributed by atoms with Crippen molar-refractivity contribution >= 4 is 52.6 Å². The molecule has 4 atom stereocenters. The fourth-order valence-electron chi connectivity index (χ4n) is 3.64. The Balaban J connectivity index is 1.46. The number of carboxylic acids is 1. The highest BCUT2D eigenvalue weighted by molar-refractivity contribution is 9.10. The topological polar surface area (TPSA) is 167 Å². The van der Waals surface area contributed by atoms with E-state index in [4.69, 9.17) is 14.8 Å². The zero-order valence-electron chi connectivity index (χ0n) is 19.0. The standard InChI is InChI=1S/C21H25BrN7O5P/c1-12(20(30)31)28-35(32,34-16-7-4-14(22)5-8-16)33-10-13-3-6-15(9-13)29-11-25-17-18(24-2)26-21(23)27-19(17)29/h3-8,11-13,15H,9-10H2,1-2H3,(H,28,32)(H,30,31)(H3,23,24,26,27)/t12-,13+,15-,35?/m0/s1. The van der Waals surface area contributed by atoms with E-state index < -0.39 is 19.8 Å². The predicted octanol–water partition coefficient (Wildman–Crippen LogP) is 3.60. The second kappa shape index (κ2) is 10.3. The number of nitrogens with zero attached hydrogens (tertiary/aromatic N) is 4. The van der Waals surface area contributed by atoms with Crippen molar-refractivity contribution in [3.05, 3.63) is 47.2 Å². The summed E-state index contributed by atoms with van der Waals surface area (Å²) in [6, 6.07) is 5.43. The van der Waals surface area contributed by atoms with E-state index in [1.54, 1.807) is 37.6 Å². The van der Waals surface area contributed by atoms with Crippen molar-refractivity contribution in [2.45, 2.75) is 25.4 Å². The number of hydrogen-bond donors (Lipinski definition) is 4. The van der Waals surface area contributed by atoms with E-state index in [-0.39, 0.29) is 30.3 Å². The summed E-state index contributed by atoms with van der Waals surface area (Å²) < 4.78 is 27.4. The smallest absolute Gasteiger partial charge is 0.459 e.